The van der Waals surface area contributed by atoms with Crippen LogP contribution in [-0.2, 0) is 0 Å². The zero-order chi connectivity index (χ0) is 15.9. The Morgan fingerprint density at radius 1 is 1.27 bits per heavy atom. The van der Waals surface area contributed by atoms with Crippen molar-refractivity contribution in [2.45, 2.75) is 25.7 Å². The zero-order valence-corrected chi connectivity index (χ0v) is 13.1. The van der Waals surface area contributed by atoms with Crippen molar-refractivity contribution in [3.63, 3.8) is 0 Å². The summed E-state index contributed by atoms with van der Waals surface area (Å²) in [5.41, 5.74) is 1.69. The van der Waals surface area contributed by atoms with Crippen molar-refractivity contribution in [2.24, 2.45) is 0 Å². The minimum Gasteiger partial charge on any atom is -0.493 e. The van der Waals surface area contributed by atoms with E-state index < -0.39 is 0 Å². The molecule has 1 unspecified atom stereocenters. The molecule has 0 radical (unpaired) electrons. The molecule has 2 rings (SSSR count). The Labute approximate surface area is 135 Å². The average Bonchev–Trinajstić information content (AvgIpc) is 2.49. The average molecular weight is 318 g/mol. The first kappa shape index (κ1) is 16.3. The number of rotatable bonds is 6. The molecule has 0 N–H and O–H groups in total. The van der Waals surface area contributed by atoms with E-state index in [2.05, 4.69) is 6.07 Å². The fraction of sp³-hybridized carbons (Fsp3) is 0.278. The third-order valence-electron chi connectivity index (χ3n) is 3.44. The van der Waals surface area contributed by atoms with Gasteiger partial charge in [-0.25, -0.2) is 4.39 Å². The van der Waals surface area contributed by atoms with Crippen LogP contribution in [0.2, 0.25) is 5.02 Å². The van der Waals surface area contributed by atoms with Crippen molar-refractivity contribution in [3.8, 4) is 11.8 Å². The van der Waals surface area contributed by atoms with Crippen LogP contribution in [0.3, 0.4) is 0 Å². The molecule has 0 aliphatic heterocycles. The van der Waals surface area contributed by atoms with E-state index >= 15 is 0 Å². The second kappa shape index (κ2) is 7.82. The highest BCUT2D eigenvalue weighted by molar-refractivity contribution is 6.30. The first-order chi connectivity index (χ1) is 10.6. The highest BCUT2D eigenvalue weighted by Crippen LogP contribution is 2.24. The van der Waals surface area contributed by atoms with Crippen LogP contribution < -0.4 is 4.74 Å². The second-order valence-corrected chi connectivity index (χ2v) is 5.57. The van der Waals surface area contributed by atoms with Gasteiger partial charge in [0.25, 0.3) is 0 Å². The Hall–Kier alpha value is -2.05. The summed E-state index contributed by atoms with van der Waals surface area (Å²) in [6, 6.07) is 13.9. The normalized spacial score (nSPS) is 11.7. The summed E-state index contributed by atoms with van der Waals surface area (Å²) in [6.07, 6.45) is 1.35. The lowest BCUT2D eigenvalue weighted by molar-refractivity contribution is 0.303. The van der Waals surface area contributed by atoms with Gasteiger partial charge < -0.3 is 4.74 Å². The number of nitrogens with zero attached hydrogens (tertiary/aromatic N) is 1. The maximum Gasteiger partial charge on any atom is 0.123 e. The molecule has 0 amide bonds. The summed E-state index contributed by atoms with van der Waals surface area (Å²) in [5, 5.41) is 9.91. The highest BCUT2D eigenvalue weighted by Gasteiger charge is 2.11. The number of ether oxygens (including phenoxy) is 1. The van der Waals surface area contributed by atoms with E-state index in [0.29, 0.717) is 23.6 Å². The van der Waals surface area contributed by atoms with Crippen molar-refractivity contribution in [3.05, 3.63) is 64.4 Å². The maximum atomic E-state index is 13.2. The van der Waals surface area contributed by atoms with Crippen LogP contribution in [0.1, 0.15) is 29.9 Å². The Bertz CT molecular complexity index is 681. The third kappa shape index (κ3) is 4.47. The number of halogens is 2. The third-order valence-corrected chi connectivity index (χ3v) is 3.67. The van der Waals surface area contributed by atoms with Gasteiger partial charge in [0.1, 0.15) is 11.6 Å². The van der Waals surface area contributed by atoms with Crippen LogP contribution >= 0.6 is 11.6 Å². The Morgan fingerprint density at radius 2 is 2.09 bits per heavy atom. The van der Waals surface area contributed by atoms with Gasteiger partial charge >= 0.3 is 0 Å². The van der Waals surface area contributed by atoms with Gasteiger partial charge in [-0.05, 0) is 61.2 Å². The fourth-order valence-electron chi connectivity index (χ4n) is 2.27. The molecule has 114 valence electrons. The summed E-state index contributed by atoms with van der Waals surface area (Å²) in [5.74, 6) is 0.167. The minimum absolute atomic E-state index is 0.314. The smallest absolute Gasteiger partial charge is 0.123 e. The van der Waals surface area contributed by atoms with Crippen LogP contribution in [-0.4, -0.2) is 6.61 Å². The molecule has 0 aliphatic rings. The minimum atomic E-state index is -0.314. The number of hydrogen-bond donors (Lipinski definition) is 0. The Kier molecular flexibility index (Phi) is 5.80. The van der Waals surface area contributed by atoms with Gasteiger partial charge in [0.2, 0.25) is 0 Å². The molecule has 1 atom stereocenters. The lowest BCUT2D eigenvalue weighted by atomic mass is 9.96. The molecule has 0 spiro atoms. The van der Waals surface area contributed by atoms with E-state index in [-0.39, 0.29) is 11.7 Å². The molecule has 0 saturated heterocycles. The zero-order valence-electron chi connectivity index (χ0n) is 12.4. The highest BCUT2D eigenvalue weighted by atomic mass is 35.5. The molecule has 2 aromatic rings. The summed E-state index contributed by atoms with van der Waals surface area (Å²) >= 11 is 5.90. The fourth-order valence-corrected chi connectivity index (χ4v) is 2.50. The molecule has 4 heteroatoms. The molecule has 0 fully saturated rings. The van der Waals surface area contributed by atoms with Crippen LogP contribution in [0.5, 0.6) is 5.75 Å². The number of aryl methyl sites for hydroxylation is 1. The molecule has 0 aromatic heterocycles. The predicted octanol–water partition coefficient (Wildman–Crippen LogP) is 5.25. The van der Waals surface area contributed by atoms with E-state index in [0.717, 1.165) is 17.7 Å². The SMILES string of the molecule is Cc1cc(Cl)ccc1OCCCC(C#N)c1cccc(F)c1. The van der Waals surface area contributed by atoms with Gasteiger partial charge in [0.15, 0.2) is 0 Å². The van der Waals surface area contributed by atoms with Crippen LogP contribution in [0.25, 0.3) is 0 Å². The summed E-state index contributed by atoms with van der Waals surface area (Å²) in [7, 11) is 0. The van der Waals surface area contributed by atoms with Gasteiger partial charge in [-0.2, -0.15) is 5.26 Å². The molecule has 0 saturated carbocycles. The first-order valence-electron chi connectivity index (χ1n) is 7.14. The standard InChI is InChI=1S/C18H17ClFNO/c1-13-10-16(19)7-8-18(13)22-9-3-5-15(12-21)14-4-2-6-17(20)11-14/h2,4,6-8,10-11,15H,3,5,9H2,1H3. The van der Waals surface area contributed by atoms with Gasteiger partial charge in [-0.1, -0.05) is 23.7 Å². The number of nitriles is 1. The van der Waals surface area contributed by atoms with Crippen LogP contribution in [0.15, 0.2) is 42.5 Å². The monoisotopic (exact) mass is 317 g/mol. The largest absolute Gasteiger partial charge is 0.493 e. The van der Waals surface area contributed by atoms with E-state index in [9.17, 15) is 9.65 Å². The summed E-state index contributed by atoms with van der Waals surface area (Å²) in [6.45, 7) is 2.45. The van der Waals surface area contributed by atoms with Gasteiger partial charge in [0.05, 0.1) is 18.6 Å². The molecule has 22 heavy (non-hydrogen) atoms. The summed E-state index contributed by atoms with van der Waals surface area (Å²) < 4.78 is 18.9. The quantitative estimate of drug-likeness (QED) is 0.681. The first-order valence-corrected chi connectivity index (χ1v) is 7.52. The molecule has 0 aliphatic carbocycles. The van der Waals surface area contributed by atoms with E-state index in [1.165, 1.54) is 12.1 Å². The van der Waals surface area contributed by atoms with Gasteiger partial charge in [-0.15, -0.1) is 0 Å². The van der Waals surface area contributed by atoms with Crippen molar-refractivity contribution in [1.82, 2.24) is 0 Å². The van der Waals surface area contributed by atoms with E-state index in [1.807, 2.05) is 19.1 Å². The lowest BCUT2D eigenvalue weighted by Crippen LogP contribution is -2.03. The maximum absolute atomic E-state index is 13.2. The molecular weight excluding hydrogens is 301 g/mol. The Balaban J connectivity index is 1.86. The Morgan fingerprint density at radius 3 is 2.77 bits per heavy atom. The predicted molar refractivity (Wildman–Crippen MR) is 85.7 cm³/mol. The van der Waals surface area contributed by atoms with E-state index in [4.69, 9.17) is 16.3 Å². The van der Waals surface area contributed by atoms with Crippen molar-refractivity contribution in [2.75, 3.05) is 6.61 Å². The molecule has 0 heterocycles. The van der Waals surface area contributed by atoms with Crippen molar-refractivity contribution >= 4 is 11.6 Å². The van der Waals surface area contributed by atoms with Gasteiger partial charge in [-0.3, -0.25) is 0 Å². The number of benzene rings is 2. The van der Waals surface area contributed by atoms with Crippen molar-refractivity contribution in [1.29, 1.82) is 5.26 Å². The number of hydrogen-bond acceptors (Lipinski definition) is 2. The summed E-state index contributed by atoms with van der Waals surface area (Å²) in [4.78, 5) is 0. The molecule has 2 nitrogen and oxygen atoms in total. The topological polar surface area (TPSA) is 33.0 Å². The van der Waals surface area contributed by atoms with Gasteiger partial charge in [0, 0.05) is 5.02 Å². The van der Waals surface area contributed by atoms with Crippen LogP contribution in [0.4, 0.5) is 4.39 Å². The second-order valence-electron chi connectivity index (χ2n) is 5.14. The lowest BCUT2D eigenvalue weighted by Gasteiger charge is -2.12. The van der Waals surface area contributed by atoms with Crippen LogP contribution in [0, 0.1) is 24.1 Å². The molecule has 0 bridgehead atoms. The molecular formula is C18H17ClFNO. The van der Waals surface area contributed by atoms with E-state index in [1.54, 1.807) is 18.2 Å². The van der Waals surface area contributed by atoms with Crippen molar-refractivity contribution < 1.29 is 9.13 Å². The molecule has 2 aromatic carbocycles.